The van der Waals surface area contributed by atoms with Gasteiger partial charge in [0.15, 0.2) is 5.76 Å². The van der Waals surface area contributed by atoms with Crippen LogP contribution in [-0.4, -0.2) is 14.3 Å². The highest BCUT2D eigenvalue weighted by Gasteiger charge is 2.19. The molecule has 3 aromatic rings. The second kappa shape index (κ2) is 7.05. The van der Waals surface area contributed by atoms with Crippen LogP contribution in [0.1, 0.15) is 21.7 Å². The topological polar surface area (TPSA) is 85.6 Å². The fourth-order valence-corrected chi connectivity index (χ4v) is 3.59. The summed E-state index contributed by atoms with van der Waals surface area (Å²) < 4.78 is 35.1. The first kappa shape index (κ1) is 17.8. The third-order valence-electron chi connectivity index (χ3n) is 3.66. The van der Waals surface area contributed by atoms with Crippen LogP contribution in [0.25, 0.3) is 0 Å². The molecule has 0 unspecified atom stereocenters. The van der Waals surface area contributed by atoms with Crippen LogP contribution in [0.15, 0.2) is 70.2 Å². The zero-order chi connectivity index (χ0) is 18.7. The SMILES string of the molecule is Cc1ccc(S(=O)(=O)Oc2ccc(NC(=O)c3ccco3)cc2)c(C)c1. The van der Waals surface area contributed by atoms with Crippen LogP contribution in [0, 0.1) is 13.8 Å². The van der Waals surface area contributed by atoms with E-state index in [4.69, 9.17) is 8.60 Å². The average molecular weight is 371 g/mol. The number of nitrogens with one attached hydrogen (secondary N) is 1. The number of carbonyl (C=O) groups is 1. The minimum Gasteiger partial charge on any atom is -0.459 e. The summed E-state index contributed by atoms with van der Waals surface area (Å²) in [4.78, 5) is 12.0. The molecule has 0 aliphatic heterocycles. The number of hydrogen-bond donors (Lipinski definition) is 1. The van der Waals surface area contributed by atoms with Gasteiger partial charge in [-0.05, 0) is 61.9 Å². The third kappa shape index (κ3) is 3.94. The van der Waals surface area contributed by atoms with Gasteiger partial charge in [0.25, 0.3) is 5.91 Å². The summed E-state index contributed by atoms with van der Waals surface area (Å²) in [6, 6.07) is 14.2. The smallest absolute Gasteiger partial charge is 0.339 e. The number of rotatable bonds is 5. The van der Waals surface area contributed by atoms with Gasteiger partial charge in [-0.2, -0.15) is 8.42 Å². The van der Waals surface area contributed by atoms with Crippen LogP contribution in [0.5, 0.6) is 5.75 Å². The molecule has 0 spiro atoms. The van der Waals surface area contributed by atoms with Crippen LogP contribution in [0.2, 0.25) is 0 Å². The number of hydrogen-bond acceptors (Lipinski definition) is 5. The highest BCUT2D eigenvalue weighted by atomic mass is 32.2. The van der Waals surface area contributed by atoms with E-state index in [0.717, 1.165) is 5.56 Å². The number of carbonyl (C=O) groups excluding carboxylic acids is 1. The van der Waals surface area contributed by atoms with E-state index < -0.39 is 16.0 Å². The fraction of sp³-hybridized carbons (Fsp3) is 0.105. The Morgan fingerprint density at radius 2 is 1.77 bits per heavy atom. The maximum atomic E-state index is 12.4. The van der Waals surface area contributed by atoms with Gasteiger partial charge in [0, 0.05) is 5.69 Å². The molecular formula is C19H17NO5S. The molecule has 6 nitrogen and oxygen atoms in total. The molecule has 134 valence electrons. The first-order chi connectivity index (χ1) is 12.3. The highest BCUT2D eigenvalue weighted by Crippen LogP contribution is 2.23. The average Bonchev–Trinajstić information content (AvgIpc) is 3.10. The molecule has 1 aromatic heterocycles. The Morgan fingerprint density at radius 1 is 1.04 bits per heavy atom. The van der Waals surface area contributed by atoms with Crippen molar-refractivity contribution in [3.8, 4) is 5.75 Å². The Morgan fingerprint density at radius 3 is 2.38 bits per heavy atom. The minimum atomic E-state index is -3.93. The van der Waals surface area contributed by atoms with Crippen molar-refractivity contribution in [3.05, 3.63) is 77.7 Å². The number of benzene rings is 2. The van der Waals surface area contributed by atoms with E-state index in [1.165, 1.54) is 24.5 Å². The Hall–Kier alpha value is -3.06. The summed E-state index contributed by atoms with van der Waals surface area (Å²) in [6.07, 6.45) is 1.41. The van der Waals surface area contributed by atoms with Gasteiger partial charge in [-0.1, -0.05) is 17.7 Å². The second-order valence-corrected chi connectivity index (χ2v) is 7.28. The number of amides is 1. The summed E-state index contributed by atoms with van der Waals surface area (Å²) in [5, 5.41) is 2.64. The second-order valence-electron chi connectivity index (χ2n) is 5.76. The molecule has 0 saturated heterocycles. The van der Waals surface area contributed by atoms with Crippen molar-refractivity contribution < 1.29 is 21.8 Å². The minimum absolute atomic E-state index is 0.123. The predicted octanol–water partition coefficient (Wildman–Crippen LogP) is 3.92. The van der Waals surface area contributed by atoms with E-state index in [0.29, 0.717) is 11.3 Å². The summed E-state index contributed by atoms with van der Waals surface area (Å²) in [5.74, 6) is -0.0599. The molecule has 0 aliphatic carbocycles. The zero-order valence-electron chi connectivity index (χ0n) is 14.2. The van der Waals surface area contributed by atoms with E-state index in [-0.39, 0.29) is 16.4 Å². The first-order valence-electron chi connectivity index (χ1n) is 7.82. The van der Waals surface area contributed by atoms with Crippen LogP contribution >= 0.6 is 0 Å². The number of aryl methyl sites for hydroxylation is 2. The Balaban J connectivity index is 1.73. The standard InChI is InChI=1S/C19H17NO5S/c1-13-5-10-18(14(2)12-13)26(22,23)25-16-8-6-15(7-9-16)20-19(21)17-4-3-11-24-17/h3-12H,1-2H3,(H,20,21). The molecule has 0 aliphatic rings. The Labute approximate surface area is 151 Å². The van der Waals surface area contributed by atoms with E-state index in [2.05, 4.69) is 5.32 Å². The van der Waals surface area contributed by atoms with Crippen molar-refractivity contribution >= 4 is 21.7 Å². The molecule has 0 bridgehead atoms. The molecule has 7 heteroatoms. The predicted molar refractivity (Wildman–Crippen MR) is 96.8 cm³/mol. The molecule has 0 radical (unpaired) electrons. The molecule has 1 N–H and O–H groups in total. The van der Waals surface area contributed by atoms with Gasteiger partial charge in [0.05, 0.1) is 6.26 Å². The third-order valence-corrected chi connectivity index (χ3v) is 5.07. The number of anilines is 1. The molecule has 1 amide bonds. The van der Waals surface area contributed by atoms with Gasteiger partial charge in [0.2, 0.25) is 0 Å². The van der Waals surface area contributed by atoms with Gasteiger partial charge < -0.3 is 13.9 Å². The molecular weight excluding hydrogens is 354 g/mol. The molecule has 0 fully saturated rings. The molecule has 1 heterocycles. The van der Waals surface area contributed by atoms with Crippen LogP contribution in [0.3, 0.4) is 0 Å². The molecule has 0 saturated carbocycles. The van der Waals surface area contributed by atoms with Crippen LogP contribution < -0.4 is 9.50 Å². The summed E-state index contributed by atoms with van der Waals surface area (Å²) in [5.41, 5.74) is 2.08. The number of furan rings is 1. The summed E-state index contributed by atoms with van der Waals surface area (Å²) in [6.45, 7) is 3.61. The fourth-order valence-electron chi connectivity index (χ4n) is 2.45. The van der Waals surface area contributed by atoms with Crippen molar-refractivity contribution in [2.24, 2.45) is 0 Å². The van der Waals surface area contributed by atoms with Crippen molar-refractivity contribution in [2.75, 3.05) is 5.32 Å². The van der Waals surface area contributed by atoms with E-state index in [9.17, 15) is 13.2 Å². The first-order valence-corrected chi connectivity index (χ1v) is 9.23. The van der Waals surface area contributed by atoms with Crippen molar-refractivity contribution in [1.82, 2.24) is 0 Å². The lowest BCUT2D eigenvalue weighted by atomic mass is 10.2. The molecule has 2 aromatic carbocycles. The Kier molecular flexibility index (Phi) is 4.81. The van der Waals surface area contributed by atoms with Crippen molar-refractivity contribution in [3.63, 3.8) is 0 Å². The normalized spacial score (nSPS) is 11.2. The van der Waals surface area contributed by atoms with Gasteiger partial charge >= 0.3 is 10.1 Å². The molecule has 3 rings (SSSR count). The zero-order valence-corrected chi connectivity index (χ0v) is 15.0. The Bertz CT molecular complexity index is 1020. The lowest BCUT2D eigenvalue weighted by molar-refractivity contribution is 0.0996. The van der Waals surface area contributed by atoms with E-state index in [1.54, 1.807) is 43.3 Å². The quantitative estimate of drug-likeness (QED) is 0.687. The maximum Gasteiger partial charge on any atom is 0.339 e. The van der Waals surface area contributed by atoms with Crippen molar-refractivity contribution in [2.45, 2.75) is 18.7 Å². The lowest BCUT2D eigenvalue weighted by Gasteiger charge is -2.10. The summed E-state index contributed by atoms with van der Waals surface area (Å²) in [7, 11) is -3.93. The lowest BCUT2D eigenvalue weighted by Crippen LogP contribution is -2.12. The van der Waals surface area contributed by atoms with Gasteiger partial charge in [-0.25, -0.2) is 0 Å². The van der Waals surface area contributed by atoms with E-state index >= 15 is 0 Å². The molecule has 0 atom stereocenters. The largest absolute Gasteiger partial charge is 0.459 e. The van der Waals surface area contributed by atoms with Gasteiger partial charge in [-0.15, -0.1) is 0 Å². The van der Waals surface area contributed by atoms with E-state index in [1.807, 2.05) is 6.92 Å². The molecule has 26 heavy (non-hydrogen) atoms. The van der Waals surface area contributed by atoms with Crippen LogP contribution in [-0.2, 0) is 10.1 Å². The van der Waals surface area contributed by atoms with Crippen LogP contribution in [0.4, 0.5) is 5.69 Å². The van der Waals surface area contributed by atoms with Gasteiger partial charge in [0.1, 0.15) is 10.6 Å². The van der Waals surface area contributed by atoms with Crippen molar-refractivity contribution in [1.29, 1.82) is 0 Å². The summed E-state index contributed by atoms with van der Waals surface area (Å²) >= 11 is 0. The maximum absolute atomic E-state index is 12.4. The van der Waals surface area contributed by atoms with Gasteiger partial charge in [-0.3, -0.25) is 4.79 Å². The monoisotopic (exact) mass is 371 g/mol. The highest BCUT2D eigenvalue weighted by molar-refractivity contribution is 7.87.